The fourth-order valence-electron chi connectivity index (χ4n) is 4.62. The highest BCUT2D eigenvalue weighted by Gasteiger charge is 2.15. The van der Waals surface area contributed by atoms with E-state index < -0.39 is 5.97 Å². The second-order valence-corrected chi connectivity index (χ2v) is 10.6. The van der Waals surface area contributed by atoms with Gasteiger partial charge in [0.2, 0.25) is 0 Å². The first-order valence-electron chi connectivity index (χ1n) is 15.7. The van der Waals surface area contributed by atoms with Crippen molar-refractivity contribution in [1.29, 1.82) is 0 Å². The second kappa shape index (κ2) is 28.3. The molecule has 0 fully saturated rings. The number of carbonyl (C=O) groups excluding carboxylic acids is 1. The molecule has 0 amide bonds. The highest BCUT2D eigenvalue weighted by Crippen LogP contribution is 2.17. The summed E-state index contributed by atoms with van der Waals surface area (Å²) in [6.07, 6.45) is 32.1. The molecule has 0 radical (unpaired) electrons. The maximum atomic E-state index is 12.3. The highest BCUT2D eigenvalue weighted by molar-refractivity contribution is 5.69. The summed E-state index contributed by atoms with van der Waals surface area (Å²) < 4.78 is 5.68. The lowest BCUT2D eigenvalue weighted by atomic mass is 10.0. The Hall–Kier alpha value is -1.32. The minimum atomic E-state index is -0.813. The molecule has 4 nitrogen and oxygen atoms in total. The Morgan fingerprint density at radius 2 is 1.06 bits per heavy atom. The third-order valence-electron chi connectivity index (χ3n) is 7.00. The van der Waals surface area contributed by atoms with E-state index in [2.05, 4.69) is 26.0 Å². The molecule has 0 aromatic heterocycles. The molecule has 4 heteroatoms. The maximum Gasteiger partial charge on any atom is 0.306 e. The third kappa shape index (κ3) is 27.3. The monoisotopic (exact) mass is 508 g/mol. The van der Waals surface area contributed by atoms with Gasteiger partial charge in [-0.05, 0) is 44.9 Å². The zero-order valence-corrected chi connectivity index (χ0v) is 24.1. The number of hydrogen-bond donors (Lipinski definition) is 1. The summed E-state index contributed by atoms with van der Waals surface area (Å²) in [6.45, 7) is 4.48. The van der Waals surface area contributed by atoms with Crippen LogP contribution in [0.15, 0.2) is 12.2 Å². The predicted octanol–water partition coefficient (Wildman–Crippen LogP) is 10.3. The van der Waals surface area contributed by atoms with Crippen LogP contribution in [0.1, 0.15) is 174 Å². The van der Waals surface area contributed by atoms with Gasteiger partial charge in [-0.25, -0.2) is 0 Å². The zero-order valence-electron chi connectivity index (χ0n) is 24.1. The van der Waals surface area contributed by atoms with Gasteiger partial charge in [0.15, 0.2) is 0 Å². The largest absolute Gasteiger partial charge is 0.481 e. The highest BCUT2D eigenvalue weighted by atomic mass is 16.5. The fraction of sp³-hybridized carbons (Fsp3) is 0.875. The average Bonchev–Trinajstić information content (AvgIpc) is 2.86. The Labute approximate surface area is 224 Å². The number of esters is 1. The van der Waals surface area contributed by atoms with Crippen LogP contribution in [0.5, 0.6) is 0 Å². The Balaban J connectivity index is 3.80. The topological polar surface area (TPSA) is 63.6 Å². The van der Waals surface area contributed by atoms with Crippen molar-refractivity contribution in [1.82, 2.24) is 0 Å². The van der Waals surface area contributed by atoms with Crippen molar-refractivity contribution >= 4 is 11.9 Å². The van der Waals surface area contributed by atoms with Crippen molar-refractivity contribution in [2.45, 2.75) is 180 Å². The average molecular weight is 509 g/mol. The lowest BCUT2D eigenvalue weighted by molar-refractivity contribution is -0.151. The van der Waals surface area contributed by atoms with Crippen LogP contribution in [0, 0.1) is 0 Å². The van der Waals surface area contributed by atoms with Crippen LogP contribution >= 0.6 is 0 Å². The molecule has 0 aliphatic carbocycles. The van der Waals surface area contributed by atoms with Gasteiger partial charge in [0.25, 0.3) is 0 Å². The molecule has 212 valence electrons. The SMILES string of the molecule is CCCC/C=C\CCCCCCCCC(=O)OC(CCCCCCCCCCCCC)CCC(=O)O. The van der Waals surface area contributed by atoms with Gasteiger partial charge in [-0.3, -0.25) is 9.59 Å². The lowest BCUT2D eigenvalue weighted by Gasteiger charge is -2.17. The van der Waals surface area contributed by atoms with Crippen LogP contribution in [0.2, 0.25) is 0 Å². The van der Waals surface area contributed by atoms with Gasteiger partial charge in [-0.2, -0.15) is 0 Å². The summed E-state index contributed by atoms with van der Waals surface area (Å²) in [7, 11) is 0. The molecule has 0 saturated carbocycles. The molecule has 0 aromatic carbocycles. The maximum absolute atomic E-state index is 12.3. The van der Waals surface area contributed by atoms with Crippen LogP contribution in [0.3, 0.4) is 0 Å². The van der Waals surface area contributed by atoms with E-state index in [4.69, 9.17) is 9.84 Å². The molecule has 0 spiro atoms. The minimum absolute atomic E-state index is 0.0732. The fourth-order valence-corrected chi connectivity index (χ4v) is 4.62. The first-order chi connectivity index (χ1) is 17.6. The van der Waals surface area contributed by atoms with Gasteiger partial charge in [0.1, 0.15) is 6.10 Å². The third-order valence-corrected chi connectivity index (χ3v) is 7.00. The van der Waals surface area contributed by atoms with Crippen molar-refractivity contribution < 1.29 is 19.4 Å². The van der Waals surface area contributed by atoms with Crippen LogP contribution in [0.25, 0.3) is 0 Å². The van der Waals surface area contributed by atoms with Gasteiger partial charge in [0.05, 0.1) is 0 Å². The van der Waals surface area contributed by atoms with Crippen molar-refractivity contribution in [3.63, 3.8) is 0 Å². The van der Waals surface area contributed by atoms with E-state index >= 15 is 0 Å². The van der Waals surface area contributed by atoms with E-state index in [9.17, 15) is 9.59 Å². The van der Waals surface area contributed by atoms with E-state index in [1.165, 1.54) is 109 Å². The number of ether oxygens (including phenoxy) is 1. The summed E-state index contributed by atoms with van der Waals surface area (Å²) >= 11 is 0. The summed E-state index contributed by atoms with van der Waals surface area (Å²) in [5.74, 6) is -0.961. The molecule has 1 atom stereocenters. The van der Waals surface area contributed by atoms with Crippen molar-refractivity contribution in [2.75, 3.05) is 0 Å². The van der Waals surface area contributed by atoms with Crippen molar-refractivity contribution in [3.05, 3.63) is 12.2 Å². The van der Waals surface area contributed by atoms with E-state index in [0.717, 1.165) is 32.1 Å². The molecule has 0 rings (SSSR count). The van der Waals surface area contributed by atoms with Crippen LogP contribution in [-0.4, -0.2) is 23.1 Å². The Morgan fingerprint density at radius 3 is 1.61 bits per heavy atom. The summed E-state index contributed by atoms with van der Waals surface area (Å²) in [6, 6.07) is 0. The van der Waals surface area contributed by atoms with Gasteiger partial charge in [-0.1, -0.05) is 129 Å². The van der Waals surface area contributed by atoms with Crippen LogP contribution < -0.4 is 0 Å². The van der Waals surface area contributed by atoms with E-state index in [0.29, 0.717) is 12.8 Å². The van der Waals surface area contributed by atoms with Gasteiger partial charge >= 0.3 is 11.9 Å². The molecule has 0 bridgehead atoms. The normalized spacial score (nSPS) is 12.3. The van der Waals surface area contributed by atoms with E-state index in [1.54, 1.807) is 0 Å². The molecule has 1 N–H and O–H groups in total. The number of allylic oxidation sites excluding steroid dienone is 2. The molecule has 0 aromatic rings. The molecular formula is C32H60O4. The molecule has 1 unspecified atom stereocenters. The van der Waals surface area contributed by atoms with E-state index in [1.807, 2.05) is 0 Å². The standard InChI is InChI=1S/C32H60O4/c1-3-5-7-9-11-13-15-17-19-21-23-25-27-32(35)36-30(28-29-31(33)34)26-24-22-20-18-16-14-12-10-8-6-4-2/h9,11,30H,3-8,10,12-29H2,1-2H3,(H,33,34)/b11-9-. The first kappa shape index (κ1) is 34.7. The van der Waals surface area contributed by atoms with Gasteiger partial charge < -0.3 is 9.84 Å². The second-order valence-electron chi connectivity index (χ2n) is 10.6. The molecule has 0 aliphatic rings. The Bertz CT molecular complexity index is 514. The summed E-state index contributed by atoms with van der Waals surface area (Å²) in [5.41, 5.74) is 0. The zero-order chi connectivity index (χ0) is 26.5. The number of aliphatic carboxylic acids is 1. The molecule has 0 saturated heterocycles. The molecule has 0 aliphatic heterocycles. The van der Waals surface area contributed by atoms with Crippen molar-refractivity contribution in [2.24, 2.45) is 0 Å². The van der Waals surface area contributed by atoms with Crippen LogP contribution in [-0.2, 0) is 14.3 Å². The Kier molecular flexibility index (Phi) is 27.2. The number of carbonyl (C=O) groups is 2. The number of unbranched alkanes of at least 4 members (excludes halogenated alkanes) is 18. The number of carboxylic acids is 1. The molecule has 0 heterocycles. The molecular weight excluding hydrogens is 448 g/mol. The lowest BCUT2D eigenvalue weighted by Crippen LogP contribution is -2.19. The predicted molar refractivity (Wildman–Crippen MR) is 153 cm³/mol. The first-order valence-corrected chi connectivity index (χ1v) is 15.7. The van der Waals surface area contributed by atoms with E-state index in [-0.39, 0.29) is 18.5 Å². The van der Waals surface area contributed by atoms with Crippen LogP contribution in [0.4, 0.5) is 0 Å². The number of hydrogen-bond acceptors (Lipinski definition) is 3. The van der Waals surface area contributed by atoms with Gasteiger partial charge in [-0.15, -0.1) is 0 Å². The minimum Gasteiger partial charge on any atom is -0.481 e. The summed E-state index contributed by atoms with van der Waals surface area (Å²) in [4.78, 5) is 23.3. The quantitative estimate of drug-likeness (QED) is 0.0648. The number of carboxylic acid groups (broad SMARTS) is 1. The smallest absolute Gasteiger partial charge is 0.306 e. The summed E-state index contributed by atoms with van der Waals surface area (Å²) in [5, 5.41) is 9.04. The van der Waals surface area contributed by atoms with Gasteiger partial charge in [0, 0.05) is 12.8 Å². The molecule has 36 heavy (non-hydrogen) atoms. The van der Waals surface area contributed by atoms with Crippen molar-refractivity contribution in [3.8, 4) is 0 Å². The number of rotatable bonds is 28. The Morgan fingerprint density at radius 1 is 0.583 bits per heavy atom.